The van der Waals surface area contributed by atoms with Crippen molar-refractivity contribution in [1.82, 2.24) is 0 Å². The van der Waals surface area contributed by atoms with E-state index in [1.54, 1.807) is 0 Å². The van der Waals surface area contributed by atoms with Crippen LogP contribution in [0.5, 0.6) is 0 Å². The van der Waals surface area contributed by atoms with Crippen LogP contribution in [0.25, 0.3) is 0 Å². The summed E-state index contributed by atoms with van der Waals surface area (Å²) < 4.78 is 0. The standard InChI is InChI=1S/C6H13NO3.ClH/c7-6(10)2-4(3-8)1-5(6)9;/h4-5,8-10H,1-3,7H2;1H. The van der Waals surface area contributed by atoms with Crippen LogP contribution < -0.4 is 5.73 Å². The van der Waals surface area contributed by atoms with E-state index in [2.05, 4.69) is 0 Å². The Labute approximate surface area is 71.4 Å². The molecule has 0 saturated heterocycles. The summed E-state index contributed by atoms with van der Waals surface area (Å²) >= 11 is 0. The Bertz CT molecular complexity index is 131. The van der Waals surface area contributed by atoms with Crippen molar-refractivity contribution in [2.75, 3.05) is 6.61 Å². The molecule has 1 aliphatic carbocycles. The lowest BCUT2D eigenvalue weighted by molar-refractivity contribution is -0.0484. The maximum atomic E-state index is 9.18. The van der Waals surface area contributed by atoms with E-state index < -0.39 is 11.8 Å². The van der Waals surface area contributed by atoms with Crippen molar-refractivity contribution in [2.45, 2.75) is 24.7 Å². The fourth-order valence-electron chi connectivity index (χ4n) is 1.34. The third kappa shape index (κ3) is 2.28. The van der Waals surface area contributed by atoms with Crippen LogP contribution in [0.1, 0.15) is 12.8 Å². The Balaban J connectivity index is 0.000001000. The van der Waals surface area contributed by atoms with E-state index in [4.69, 9.17) is 15.9 Å². The minimum Gasteiger partial charge on any atom is -0.396 e. The Morgan fingerprint density at radius 3 is 2.27 bits per heavy atom. The zero-order valence-electron chi connectivity index (χ0n) is 6.10. The molecule has 5 N–H and O–H groups in total. The SMILES string of the molecule is Cl.NC1(O)CC(CO)CC1O. The van der Waals surface area contributed by atoms with Crippen LogP contribution in [0, 0.1) is 5.92 Å². The van der Waals surface area contributed by atoms with Gasteiger partial charge in [-0.2, -0.15) is 0 Å². The van der Waals surface area contributed by atoms with Crippen LogP contribution in [-0.4, -0.2) is 33.8 Å². The number of nitrogens with two attached hydrogens (primary N) is 1. The highest BCUT2D eigenvalue weighted by Gasteiger charge is 2.41. The maximum absolute atomic E-state index is 9.18. The third-order valence-corrected chi connectivity index (χ3v) is 2.01. The van der Waals surface area contributed by atoms with Crippen molar-refractivity contribution in [2.24, 2.45) is 11.7 Å². The molecule has 0 aromatic heterocycles. The Hall–Kier alpha value is 0.130. The number of halogens is 1. The number of aliphatic hydroxyl groups excluding tert-OH is 2. The van der Waals surface area contributed by atoms with Crippen molar-refractivity contribution in [1.29, 1.82) is 0 Å². The van der Waals surface area contributed by atoms with Crippen LogP contribution in [0.2, 0.25) is 0 Å². The quantitative estimate of drug-likeness (QED) is 0.386. The number of rotatable bonds is 1. The summed E-state index contributed by atoms with van der Waals surface area (Å²) in [5.74, 6) is -0.0509. The van der Waals surface area contributed by atoms with E-state index >= 15 is 0 Å². The van der Waals surface area contributed by atoms with Crippen molar-refractivity contribution in [3.05, 3.63) is 0 Å². The summed E-state index contributed by atoms with van der Waals surface area (Å²) in [5.41, 5.74) is 3.80. The van der Waals surface area contributed by atoms with E-state index in [9.17, 15) is 5.11 Å². The molecule has 3 atom stereocenters. The number of hydrogen-bond donors (Lipinski definition) is 4. The molecule has 0 amide bonds. The van der Waals surface area contributed by atoms with E-state index in [0.29, 0.717) is 6.42 Å². The first-order valence-corrected chi connectivity index (χ1v) is 3.36. The third-order valence-electron chi connectivity index (χ3n) is 2.01. The molecule has 68 valence electrons. The minimum atomic E-state index is -1.48. The Kier molecular flexibility index (Phi) is 3.73. The summed E-state index contributed by atoms with van der Waals surface area (Å²) in [7, 11) is 0. The van der Waals surface area contributed by atoms with Crippen LogP contribution >= 0.6 is 12.4 Å². The maximum Gasteiger partial charge on any atom is 0.140 e. The average molecular weight is 184 g/mol. The second-order valence-corrected chi connectivity index (χ2v) is 3.00. The van der Waals surface area contributed by atoms with Gasteiger partial charge in [-0.25, -0.2) is 0 Å². The van der Waals surface area contributed by atoms with E-state index in [0.717, 1.165) is 0 Å². The van der Waals surface area contributed by atoms with Gasteiger partial charge in [-0.15, -0.1) is 12.4 Å². The predicted molar refractivity (Wildman–Crippen MR) is 42.2 cm³/mol. The molecule has 1 fully saturated rings. The first kappa shape index (κ1) is 11.1. The van der Waals surface area contributed by atoms with Gasteiger partial charge in [-0.05, 0) is 18.8 Å². The molecule has 5 heteroatoms. The Morgan fingerprint density at radius 2 is 2.09 bits per heavy atom. The molecule has 11 heavy (non-hydrogen) atoms. The van der Waals surface area contributed by atoms with Crippen LogP contribution in [0.4, 0.5) is 0 Å². The van der Waals surface area contributed by atoms with Gasteiger partial charge in [0.2, 0.25) is 0 Å². The van der Waals surface area contributed by atoms with Gasteiger partial charge in [0, 0.05) is 6.61 Å². The summed E-state index contributed by atoms with van der Waals surface area (Å²) in [6.45, 7) is -0.0173. The molecule has 0 aromatic carbocycles. The fraction of sp³-hybridized carbons (Fsp3) is 1.00. The highest BCUT2D eigenvalue weighted by atomic mass is 35.5. The lowest BCUT2D eigenvalue weighted by Gasteiger charge is -2.19. The van der Waals surface area contributed by atoms with Gasteiger partial charge < -0.3 is 21.1 Å². The minimum absolute atomic E-state index is 0. The first-order valence-electron chi connectivity index (χ1n) is 3.36. The molecule has 0 aromatic rings. The molecule has 0 heterocycles. The average Bonchev–Trinajstić information content (AvgIpc) is 2.08. The summed E-state index contributed by atoms with van der Waals surface area (Å²) in [5, 5.41) is 26.9. The van der Waals surface area contributed by atoms with Gasteiger partial charge in [-0.1, -0.05) is 0 Å². The largest absolute Gasteiger partial charge is 0.396 e. The van der Waals surface area contributed by atoms with Gasteiger partial charge in [0.05, 0.1) is 6.10 Å². The van der Waals surface area contributed by atoms with Crippen molar-refractivity contribution in [3.8, 4) is 0 Å². The molecule has 0 bridgehead atoms. The zero-order chi connectivity index (χ0) is 7.78. The summed E-state index contributed by atoms with van der Waals surface area (Å²) in [4.78, 5) is 0. The molecule has 1 aliphatic rings. The molecule has 0 aliphatic heterocycles. The molecule has 0 spiro atoms. The van der Waals surface area contributed by atoms with Gasteiger partial charge in [0.1, 0.15) is 5.72 Å². The molecule has 3 unspecified atom stereocenters. The van der Waals surface area contributed by atoms with Crippen LogP contribution in [-0.2, 0) is 0 Å². The van der Waals surface area contributed by atoms with Gasteiger partial charge in [0.15, 0.2) is 0 Å². The topological polar surface area (TPSA) is 86.7 Å². The lowest BCUT2D eigenvalue weighted by atomic mass is 10.1. The monoisotopic (exact) mass is 183 g/mol. The van der Waals surface area contributed by atoms with E-state index in [-0.39, 0.29) is 31.4 Å². The van der Waals surface area contributed by atoms with Crippen molar-refractivity contribution in [3.63, 3.8) is 0 Å². The van der Waals surface area contributed by atoms with Crippen LogP contribution in [0.15, 0.2) is 0 Å². The normalized spacial score (nSPS) is 43.6. The molecule has 4 nitrogen and oxygen atoms in total. The predicted octanol–water partition coefficient (Wildman–Crippen LogP) is -1.18. The number of hydrogen-bond acceptors (Lipinski definition) is 4. The van der Waals surface area contributed by atoms with Gasteiger partial charge >= 0.3 is 0 Å². The number of aliphatic hydroxyl groups is 3. The van der Waals surface area contributed by atoms with Crippen LogP contribution in [0.3, 0.4) is 0 Å². The van der Waals surface area contributed by atoms with Crippen molar-refractivity contribution < 1.29 is 15.3 Å². The molecule has 1 saturated carbocycles. The molecule has 0 radical (unpaired) electrons. The van der Waals surface area contributed by atoms with E-state index in [1.807, 2.05) is 0 Å². The molecular weight excluding hydrogens is 170 g/mol. The summed E-state index contributed by atoms with van der Waals surface area (Å²) in [6, 6.07) is 0. The molecular formula is C6H14ClNO3. The van der Waals surface area contributed by atoms with Gasteiger partial charge in [-0.3, -0.25) is 0 Å². The molecule has 1 rings (SSSR count). The lowest BCUT2D eigenvalue weighted by Crippen LogP contribution is -2.46. The highest BCUT2D eigenvalue weighted by Crippen LogP contribution is 2.30. The second kappa shape index (κ2) is 3.69. The highest BCUT2D eigenvalue weighted by molar-refractivity contribution is 5.85. The second-order valence-electron chi connectivity index (χ2n) is 3.00. The first-order chi connectivity index (χ1) is 4.56. The van der Waals surface area contributed by atoms with Crippen molar-refractivity contribution >= 4 is 12.4 Å². The smallest absolute Gasteiger partial charge is 0.140 e. The summed E-state index contributed by atoms with van der Waals surface area (Å²) in [6.07, 6.45) is -0.210. The fourth-order valence-corrected chi connectivity index (χ4v) is 1.34. The van der Waals surface area contributed by atoms with Gasteiger partial charge in [0.25, 0.3) is 0 Å². The van der Waals surface area contributed by atoms with E-state index in [1.165, 1.54) is 0 Å². The Morgan fingerprint density at radius 1 is 1.55 bits per heavy atom. The zero-order valence-corrected chi connectivity index (χ0v) is 6.92.